The van der Waals surface area contributed by atoms with Gasteiger partial charge in [0.25, 0.3) is 0 Å². The summed E-state index contributed by atoms with van der Waals surface area (Å²) in [5.74, 6) is 0. The molecule has 2 aromatic rings. The highest BCUT2D eigenvalue weighted by molar-refractivity contribution is 6.31. The van der Waals surface area contributed by atoms with E-state index in [-0.39, 0.29) is 5.57 Å². The van der Waals surface area contributed by atoms with E-state index in [1.54, 1.807) is 6.08 Å². The van der Waals surface area contributed by atoms with Gasteiger partial charge in [0.2, 0.25) is 0 Å². The number of nitriles is 2. The van der Waals surface area contributed by atoms with Crippen LogP contribution in [0.4, 0.5) is 0 Å². The molecule has 0 aliphatic carbocycles. The van der Waals surface area contributed by atoms with Crippen LogP contribution in [0.25, 0.3) is 6.08 Å². The van der Waals surface area contributed by atoms with Crippen LogP contribution in [0.15, 0.2) is 29.8 Å². The van der Waals surface area contributed by atoms with E-state index < -0.39 is 0 Å². The lowest BCUT2D eigenvalue weighted by atomic mass is 10.1. The number of hydrogen-bond acceptors (Lipinski definition) is 3. The van der Waals surface area contributed by atoms with Crippen LogP contribution < -0.4 is 0 Å². The molecule has 0 saturated carbocycles. The van der Waals surface area contributed by atoms with Crippen LogP contribution in [0, 0.1) is 36.5 Å². The normalized spacial score (nSPS) is 9.76. The third-order valence-corrected chi connectivity index (χ3v) is 3.61. The molecule has 1 aromatic carbocycles. The zero-order valence-electron chi connectivity index (χ0n) is 11.8. The highest BCUT2D eigenvalue weighted by Gasteiger charge is 2.12. The second kappa shape index (κ2) is 6.26. The van der Waals surface area contributed by atoms with Gasteiger partial charge in [-0.2, -0.15) is 15.6 Å². The molecule has 4 nitrogen and oxygen atoms in total. The van der Waals surface area contributed by atoms with Crippen LogP contribution in [0.5, 0.6) is 0 Å². The zero-order chi connectivity index (χ0) is 15.4. The number of nitrogens with zero attached hydrogens (tertiary/aromatic N) is 4. The van der Waals surface area contributed by atoms with Crippen molar-refractivity contribution in [2.45, 2.75) is 20.4 Å². The molecule has 0 fully saturated rings. The second-order valence-electron chi connectivity index (χ2n) is 4.62. The number of aromatic nitrogens is 2. The standard InChI is InChI=1S/C16H13ClN4/c1-11-15(7-13(8-18)9-19)12(2)21(20-11)10-14-5-3-4-6-16(14)17/h3-7H,10H2,1-2H3. The van der Waals surface area contributed by atoms with Gasteiger partial charge in [0.1, 0.15) is 17.7 Å². The van der Waals surface area contributed by atoms with E-state index in [4.69, 9.17) is 22.1 Å². The van der Waals surface area contributed by atoms with Gasteiger partial charge in [-0.05, 0) is 31.6 Å². The van der Waals surface area contributed by atoms with E-state index in [0.29, 0.717) is 11.6 Å². The van der Waals surface area contributed by atoms with Crippen molar-refractivity contribution < 1.29 is 0 Å². The SMILES string of the molecule is Cc1nn(Cc2ccccc2Cl)c(C)c1C=C(C#N)C#N. The van der Waals surface area contributed by atoms with Gasteiger partial charge in [0.05, 0.1) is 12.2 Å². The Balaban J connectivity index is 2.41. The fourth-order valence-corrected chi connectivity index (χ4v) is 2.29. The number of rotatable bonds is 3. The molecule has 0 aliphatic rings. The summed E-state index contributed by atoms with van der Waals surface area (Å²) in [6.45, 7) is 4.32. The molecule has 2 rings (SSSR count). The third kappa shape index (κ3) is 3.13. The van der Waals surface area contributed by atoms with Gasteiger partial charge in [-0.1, -0.05) is 29.8 Å². The van der Waals surface area contributed by atoms with Crippen molar-refractivity contribution in [3.63, 3.8) is 0 Å². The molecule has 0 N–H and O–H groups in total. The minimum absolute atomic E-state index is 0.0680. The summed E-state index contributed by atoms with van der Waals surface area (Å²) >= 11 is 6.16. The maximum atomic E-state index is 8.86. The van der Waals surface area contributed by atoms with Gasteiger partial charge >= 0.3 is 0 Å². The van der Waals surface area contributed by atoms with Gasteiger partial charge in [-0.25, -0.2) is 0 Å². The molecular formula is C16H13ClN4. The highest BCUT2D eigenvalue weighted by Crippen LogP contribution is 2.21. The van der Waals surface area contributed by atoms with Crippen LogP contribution in [0.3, 0.4) is 0 Å². The summed E-state index contributed by atoms with van der Waals surface area (Å²) in [4.78, 5) is 0. The highest BCUT2D eigenvalue weighted by atomic mass is 35.5. The molecule has 0 bridgehead atoms. The van der Waals surface area contributed by atoms with Crippen molar-refractivity contribution >= 4 is 17.7 Å². The van der Waals surface area contributed by atoms with E-state index >= 15 is 0 Å². The predicted molar refractivity (Wildman–Crippen MR) is 81.5 cm³/mol. The zero-order valence-corrected chi connectivity index (χ0v) is 12.5. The quantitative estimate of drug-likeness (QED) is 0.812. The first-order valence-corrected chi connectivity index (χ1v) is 6.74. The van der Waals surface area contributed by atoms with Crippen molar-refractivity contribution in [3.05, 3.63) is 57.4 Å². The lowest BCUT2D eigenvalue weighted by Gasteiger charge is -2.06. The molecule has 0 radical (unpaired) electrons. The monoisotopic (exact) mass is 296 g/mol. The molecule has 0 aliphatic heterocycles. The molecule has 0 unspecified atom stereocenters. The van der Waals surface area contributed by atoms with Gasteiger partial charge in [0, 0.05) is 16.3 Å². The molecule has 5 heteroatoms. The Morgan fingerprint density at radius 2 is 1.95 bits per heavy atom. The summed E-state index contributed by atoms with van der Waals surface area (Å²) in [6.07, 6.45) is 1.57. The smallest absolute Gasteiger partial charge is 0.130 e. The Morgan fingerprint density at radius 3 is 2.57 bits per heavy atom. The Morgan fingerprint density at radius 1 is 1.29 bits per heavy atom. The summed E-state index contributed by atoms with van der Waals surface area (Å²) in [6, 6.07) is 11.3. The van der Waals surface area contributed by atoms with Crippen molar-refractivity contribution in [2.75, 3.05) is 0 Å². The van der Waals surface area contributed by atoms with Crippen molar-refractivity contribution in [3.8, 4) is 12.1 Å². The molecule has 1 aromatic heterocycles. The van der Waals surface area contributed by atoms with Crippen LogP contribution in [0.2, 0.25) is 5.02 Å². The lowest BCUT2D eigenvalue weighted by molar-refractivity contribution is 0.659. The minimum atomic E-state index is 0.0680. The van der Waals surface area contributed by atoms with Gasteiger partial charge in [-0.3, -0.25) is 4.68 Å². The Hall–Kier alpha value is -2.56. The van der Waals surface area contributed by atoms with Crippen LogP contribution in [-0.2, 0) is 6.54 Å². The Labute approximate surface area is 128 Å². The van der Waals surface area contributed by atoms with Gasteiger partial charge in [0.15, 0.2) is 0 Å². The van der Waals surface area contributed by atoms with Gasteiger partial charge < -0.3 is 0 Å². The lowest BCUT2D eigenvalue weighted by Crippen LogP contribution is -2.04. The molecule has 21 heavy (non-hydrogen) atoms. The first kappa shape index (κ1) is 14.8. The average Bonchev–Trinajstić information content (AvgIpc) is 2.74. The first-order valence-electron chi connectivity index (χ1n) is 6.36. The molecular weight excluding hydrogens is 284 g/mol. The predicted octanol–water partition coefficient (Wildman–Crippen LogP) is 3.63. The number of hydrogen-bond donors (Lipinski definition) is 0. The summed E-state index contributed by atoms with van der Waals surface area (Å²) in [7, 11) is 0. The number of halogens is 1. The van der Waals surface area contributed by atoms with Crippen molar-refractivity contribution in [2.24, 2.45) is 0 Å². The van der Waals surface area contributed by atoms with E-state index in [0.717, 1.165) is 22.5 Å². The molecule has 0 spiro atoms. The van der Waals surface area contributed by atoms with Crippen LogP contribution in [-0.4, -0.2) is 9.78 Å². The summed E-state index contributed by atoms with van der Waals surface area (Å²) < 4.78 is 1.83. The Kier molecular flexibility index (Phi) is 4.42. The Bertz CT molecular complexity index is 772. The summed E-state index contributed by atoms with van der Waals surface area (Å²) in [5.41, 5.74) is 3.53. The molecule has 1 heterocycles. The van der Waals surface area contributed by atoms with E-state index in [2.05, 4.69) is 5.10 Å². The number of allylic oxidation sites excluding steroid dienone is 1. The number of benzene rings is 1. The average molecular weight is 297 g/mol. The van der Waals surface area contributed by atoms with Gasteiger partial charge in [-0.15, -0.1) is 0 Å². The van der Waals surface area contributed by atoms with Crippen LogP contribution in [0.1, 0.15) is 22.5 Å². The van der Waals surface area contributed by atoms with Crippen LogP contribution >= 0.6 is 11.6 Å². The van der Waals surface area contributed by atoms with E-state index in [9.17, 15) is 0 Å². The third-order valence-electron chi connectivity index (χ3n) is 3.24. The van der Waals surface area contributed by atoms with Crippen molar-refractivity contribution in [1.82, 2.24) is 9.78 Å². The number of aryl methyl sites for hydroxylation is 1. The maximum Gasteiger partial charge on any atom is 0.130 e. The van der Waals surface area contributed by atoms with E-state index in [1.807, 2.05) is 54.9 Å². The van der Waals surface area contributed by atoms with Crippen molar-refractivity contribution in [1.29, 1.82) is 10.5 Å². The molecule has 104 valence electrons. The molecule has 0 saturated heterocycles. The fourth-order valence-electron chi connectivity index (χ4n) is 2.10. The minimum Gasteiger partial charge on any atom is -0.265 e. The fraction of sp³-hybridized carbons (Fsp3) is 0.188. The maximum absolute atomic E-state index is 8.86. The largest absolute Gasteiger partial charge is 0.265 e. The van der Waals surface area contributed by atoms with E-state index in [1.165, 1.54) is 0 Å². The molecule has 0 atom stereocenters. The first-order chi connectivity index (χ1) is 10.1. The topological polar surface area (TPSA) is 65.4 Å². The molecule has 0 amide bonds. The summed E-state index contributed by atoms with van der Waals surface area (Å²) in [5, 5.41) is 22.9. The second-order valence-corrected chi connectivity index (χ2v) is 5.02.